The molecule has 0 N–H and O–H groups in total. The number of halogens is 1. The molecular formula is C17H13BrN2O3S. The molecule has 0 aliphatic carbocycles. The highest BCUT2D eigenvalue weighted by Crippen LogP contribution is 2.31. The maximum Gasteiger partial charge on any atom is 0.279 e. The van der Waals surface area contributed by atoms with Gasteiger partial charge in [-0.05, 0) is 46.3 Å². The Kier molecular flexibility index (Phi) is 3.90. The molecule has 0 spiro atoms. The first kappa shape index (κ1) is 15.4. The van der Waals surface area contributed by atoms with Gasteiger partial charge in [0.25, 0.3) is 5.91 Å². The molecule has 0 bridgehead atoms. The Morgan fingerprint density at radius 2 is 2.00 bits per heavy atom. The summed E-state index contributed by atoms with van der Waals surface area (Å²) in [6.07, 6.45) is 0. The van der Waals surface area contributed by atoms with E-state index in [1.165, 1.54) is 11.3 Å². The third kappa shape index (κ3) is 2.63. The van der Waals surface area contributed by atoms with Gasteiger partial charge in [0.15, 0.2) is 16.3 Å². The molecule has 5 nitrogen and oxygen atoms in total. The van der Waals surface area contributed by atoms with Gasteiger partial charge < -0.3 is 14.0 Å². The molecule has 0 radical (unpaired) electrons. The van der Waals surface area contributed by atoms with E-state index in [1.54, 1.807) is 18.2 Å². The van der Waals surface area contributed by atoms with Gasteiger partial charge in [-0.1, -0.05) is 17.4 Å². The van der Waals surface area contributed by atoms with Crippen LogP contribution in [0, 0.1) is 0 Å². The molecule has 1 aromatic heterocycles. The third-order valence-corrected chi connectivity index (χ3v) is 5.50. The molecule has 1 amide bonds. The van der Waals surface area contributed by atoms with E-state index in [0.29, 0.717) is 35.1 Å². The van der Waals surface area contributed by atoms with E-state index in [0.717, 1.165) is 14.7 Å². The zero-order chi connectivity index (χ0) is 16.7. The molecule has 0 saturated carbocycles. The number of thiazole rings is 1. The Balaban J connectivity index is 1.77. The number of carbonyl (C=O) groups is 1. The minimum atomic E-state index is -0.301. The third-order valence-electron chi connectivity index (χ3n) is 3.76. The van der Waals surface area contributed by atoms with Gasteiger partial charge in [-0.2, -0.15) is 4.99 Å². The van der Waals surface area contributed by atoms with Gasteiger partial charge in [0, 0.05) is 17.1 Å². The van der Waals surface area contributed by atoms with E-state index in [1.807, 2.05) is 29.8 Å². The molecule has 0 fully saturated rings. The lowest BCUT2D eigenvalue weighted by atomic mass is 10.2. The Hall–Kier alpha value is -2.12. The van der Waals surface area contributed by atoms with Gasteiger partial charge in [0.05, 0.1) is 10.2 Å². The van der Waals surface area contributed by atoms with Gasteiger partial charge in [0.1, 0.15) is 13.2 Å². The molecule has 3 aromatic rings. The SMILES string of the molecule is Cn1c(=NC(=O)c2ccc3c(c2)OCCO3)sc2cccc(Br)c21. The van der Waals surface area contributed by atoms with E-state index < -0.39 is 0 Å². The van der Waals surface area contributed by atoms with Crippen molar-refractivity contribution >= 4 is 43.4 Å². The smallest absolute Gasteiger partial charge is 0.279 e. The molecule has 2 aromatic carbocycles. The fraction of sp³-hybridized carbons (Fsp3) is 0.176. The molecule has 1 aliphatic rings. The number of aromatic nitrogens is 1. The van der Waals surface area contributed by atoms with E-state index in [-0.39, 0.29) is 5.91 Å². The van der Waals surface area contributed by atoms with Crippen molar-refractivity contribution in [3.05, 3.63) is 51.2 Å². The van der Waals surface area contributed by atoms with Crippen LogP contribution in [0.3, 0.4) is 0 Å². The summed E-state index contributed by atoms with van der Waals surface area (Å²) in [4.78, 5) is 17.5. The van der Waals surface area contributed by atoms with Crippen LogP contribution in [-0.4, -0.2) is 23.7 Å². The summed E-state index contributed by atoms with van der Waals surface area (Å²) in [7, 11) is 1.90. The zero-order valence-electron chi connectivity index (χ0n) is 12.8. The largest absolute Gasteiger partial charge is 0.486 e. The van der Waals surface area contributed by atoms with Crippen molar-refractivity contribution in [1.29, 1.82) is 0 Å². The minimum Gasteiger partial charge on any atom is -0.486 e. The standard InChI is InChI=1S/C17H13BrN2O3S/c1-20-15-11(18)3-2-4-14(15)24-17(20)19-16(21)10-5-6-12-13(9-10)23-8-7-22-12/h2-6,9H,7-8H2,1H3. The molecule has 7 heteroatoms. The van der Waals surface area contributed by atoms with Crippen LogP contribution in [-0.2, 0) is 7.05 Å². The minimum absolute atomic E-state index is 0.301. The van der Waals surface area contributed by atoms with Gasteiger partial charge in [-0.3, -0.25) is 4.79 Å². The highest BCUT2D eigenvalue weighted by molar-refractivity contribution is 9.10. The predicted molar refractivity (Wildman–Crippen MR) is 95.8 cm³/mol. The van der Waals surface area contributed by atoms with E-state index in [2.05, 4.69) is 20.9 Å². The number of rotatable bonds is 1. The normalized spacial score (nSPS) is 14.2. The van der Waals surface area contributed by atoms with Crippen molar-refractivity contribution in [2.24, 2.45) is 12.0 Å². The Labute approximate surface area is 150 Å². The average molecular weight is 405 g/mol. The second-order valence-electron chi connectivity index (χ2n) is 5.31. The molecule has 0 unspecified atom stereocenters. The van der Waals surface area contributed by atoms with Crippen LogP contribution in [0.15, 0.2) is 45.9 Å². The first-order chi connectivity index (χ1) is 11.6. The number of para-hydroxylation sites is 1. The van der Waals surface area contributed by atoms with Crippen LogP contribution >= 0.6 is 27.3 Å². The lowest BCUT2D eigenvalue weighted by molar-refractivity contribution is 0.0996. The van der Waals surface area contributed by atoms with E-state index >= 15 is 0 Å². The Bertz CT molecular complexity index is 1020. The van der Waals surface area contributed by atoms with Crippen LogP contribution in [0.1, 0.15) is 10.4 Å². The number of amides is 1. The summed E-state index contributed by atoms with van der Waals surface area (Å²) in [6.45, 7) is 1.01. The number of nitrogens with zero attached hydrogens (tertiary/aromatic N) is 2. The average Bonchev–Trinajstić information content (AvgIpc) is 2.91. The molecule has 0 saturated heterocycles. The van der Waals surface area contributed by atoms with Gasteiger partial charge >= 0.3 is 0 Å². The lowest BCUT2D eigenvalue weighted by Crippen LogP contribution is -2.16. The second kappa shape index (κ2) is 6.07. The fourth-order valence-electron chi connectivity index (χ4n) is 2.59. The van der Waals surface area contributed by atoms with Crippen LogP contribution in [0.2, 0.25) is 0 Å². The van der Waals surface area contributed by atoms with Crippen molar-refractivity contribution < 1.29 is 14.3 Å². The van der Waals surface area contributed by atoms with Gasteiger partial charge in [-0.15, -0.1) is 0 Å². The van der Waals surface area contributed by atoms with E-state index in [9.17, 15) is 4.79 Å². The first-order valence-corrected chi connectivity index (χ1v) is 8.97. The topological polar surface area (TPSA) is 52.8 Å². The predicted octanol–water partition coefficient (Wildman–Crippen LogP) is 3.51. The number of benzene rings is 2. The molecular weight excluding hydrogens is 392 g/mol. The highest BCUT2D eigenvalue weighted by atomic mass is 79.9. The summed E-state index contributed by atoms with van der Waals surface area (Å²) in [5.74, 6) is 0.949. The highest BCUT2D eigenvalue weighted by Gasteiger charge is 2.15. The first-order valence-electron chi connectivity index (χ1n) is 7.36. The number of ether oxygens (including phenoxy) is 2. The van der Waals surface area contributed by atoms with Crippen molar-refractivity contribution in [2.45, 2.75) is 0 Å². The maximum absolute atomic E-state index is 12.5. The van der Waals surface area contributed by atoms with Crippen molar-refractivity contribution in [1.82, 2.24) is 4.57 Å². The fourth-order valence-corrected chi connectivity index (χ4v) is 4.40. The van der Waals surface area contributed by atoms with Crippen molar-refractivity contribution in [3.8, 4) is 11.5 Å². The summed E-state index contributed by atoms with van der Waals surface area (Å²) < 4.78 is 15.0. The monoisotopic (exact) mass is 404 g/mol. The maximum atomic E-state index is 12.5. The summed E-state index contributed by atoms with van der Waals surface area (Å²) >= 11 is 5.02. The van der Waals surface area contributed by atoms with Gasteiger partial charge in [-0.25, -0.2) is 0 Å². The summed E-state index contributed by atoms with van der Waals surface area (Å²) in [5, 5.41) is 0. The zero-order valence-corrected chi connectivity index (χ0v) is 15.2. The molecule has 1 aliphatic heterocycles. The number of carbonyl (C=O) groups excluding carboxylic acids is 1. The van der Waals surface area contributed by atoms with Crippen LogP contribution in [0.5, 0.6) is 11.5 Å². The van der Waals surface area contributed by atoms with Crippen molar-refractivity contribution in [3.63, 3.8) is 0 Å². The quantitative estimate of drug-likeness (QED) is 0.623. The second-order valence-corrected chi connectivity index (χ2v) is 7.17. The summed E-state index contributed by atoms with van der Waals surface area (Å²) in [5.41, 5.74) is 1.51. The van der Waals surface area contributed by atoms with E-state index in [4.69, 9.17) is 9.47 Å². The molecule has 122 valence electrons. The molecule has 24 heavy (non-hydrogen) atoms. The van der Waals surface area contributed by atoms with Crippen LogP contribution < -0.4 is 14.3 Å². The number of hydrogen-bond donors (Lipinski definition) is 0. The number of hydrogen-bond acceptors (Lipinski definition) is 4. The lowest BCUT2D eigenvalue weighted by Gasteiger charge is -2.18. The molecule has 2 heterocycles. The molecule has 4 rings (SSSR count). The van der Waals surface area contributed by atoms with Gasteiger partial charge in [0.2, 0.25) is 0 Å². The number of fused-ring (bicyclic) bond motifs is 2. The molecule has 0 atom stereocenters. The van der Waals surface area contributed by atoms with Crippen LogP contribution in [0.25, 0.3) is 10.2 Å². The Morgan fingerprint density at radius 1 is 1.21 bits per heavy atom. The van der Waals surface area contributed by atoms with Crippen molar-refractivity contribution in [2.75, 3.05) is 13.2 Å². The Morgan fingerprint density at radius 3 is 2.79 bits per heavy atom. The summed E-state index contributed by atoms with van der Waals surface area (Å²) in [6, 6.07) is 11.1. The number of aryl methyl sites for hydroxylation is 1. The van der Waals surface area contributed by atoms with Crippen LogP contribution in [0.4, 0.5) is 0 Å².